The minimum atomic E-state index is -0.609. The zero-order valence-corrected chi connectivity index (χ0v) is 16.2. The molecule has 1 saturated heterocycles. The van der Waals surface area contributed by atoms with Crippen LogP contribution in [0, 0.1) is 5.92 Å². The predicted octanol–water partition coefficient (Wildman–Crippen LogP) is 3.44. The first-order valence-corrected chi connectivity index (χ1v) is 9.46. The molecule has 7 heteroatoms. The van der Waals surface area contributed by atoms with Crippen molar-refractivity contribution in [1.82, 2.24) is 0 Å². The quantitative estimate of drug-likeness (QED) is 0.753. The molecule has 1 atom stereocenters. The molecule has 1 N–H and O–H groups in total. The average Bonchev–Trinajstić information content (AvgIpc) is 3.08. The van der Waals surface area contributed by atoms with Crippen LogP contribution in [0.15, 0.2) is 48.5 Å². The van der Waals surface area contributed by atoms with E-state index in [1.807, 2.05) is 25.1 Å². The van der Waals surface area contributed by atoms with Crippen molar-refractivity contribution < 1.29 is 19.1 Å². The molecule has 28 heavy (non-hydrogen) atoms. The lowest BCUT2D eigenvalue weighted by Gasteiger charge is -2.16. The van der Waals surface area contributed by atoms with Crippen molar-refractivity contribution in [3.05, 3.63) is 59.1 Å². The molecule has 2 aromatic rings. The summed E-state index contributed by atoms with van der Waals surface area (Å²) in [5.74, 6) is -1.75. The second-order valence-electron chi connectivity index (χ2n) is 6.55. The number of aryl methyl sites for hydroxylation is 1. The summed E-state index contributed by atoms with van der Waals surface area (Å²) in [5, 5.41) is 3.26. The number of benzene rings is 2. The number of halogens is 1. The van der Waals surface area contributed by atoms with Gasteiger partial charge in [-0.2, -0.15) is 0 Å². The molecule has 0 spiro atoms. The zero-order chi connectivity index (χ0) is 20.1. The van der Waals surface area contributed by atoms with Crippen LogP contribution in [0.3, 0.4) is 0 Å². The van der Waals surface area contributed by atoms with Gasteiger partial charge in [0, 0.05) is 29.4 Å². The summed E-state index contributed by atoms with van der Waals surface area (Å²) in [6, 6.07) is 14.4. The molecule has 2 aromatic carbocycles. The Morgan fingerprint density at radius 3 is 2.75 bits per heavy atom. The molecule has 1 fully saturated rings. The SMILES string of the molecule is CCc1ccccc1NC(=O)COC(=O)[C@@H]1CC(=O)N(c2cccc(Cl)c2)C1. The number of rotatable bonds is 6. The lowest BCUT2D eigenvalue weighted by atomic mass is 10.1. The summed E-state index contributed by atoms with van der Waals surface area (Å²) in [6.45, 7) is 1.81. The Hall–Kier alpha value is -2.86. The summed E-state index contributed by atoms with van der Waals surface area (Å²) >= 11 is 5.97. The fraction of sp³-hybridized carbons (Fsp3) is 0.286. The average molecular weight is 401 g/mol. The van der Waals surface area contributed by atoms with Crippen LogP contribution in [-0.4, -0.2) is 30.9 Å². The Bertz CT molecular complexity index is 899. The largest absolute Gasteiger partial charge is 0.455 e. The first kappa shape index (κ1) is 19.9. The minimum Gasteiger partial charge on any atom is -0.455 e. The summed E-state index contributed by atoms with van der Waals surface area (Å²) < 4.78 is 5.13. The van der Waals surface area contributed by atoms with Gasteiger partial charge >= 0.3 is 5.97 Å². The lowest BCUT2D eigenvalue weighted by Crippen LogP contribution is -2.28. The van der Waals surface area contributed by atoms with Crippen molar-refractivity contribution in [1.29, 1.82) is 0 Å². The highest BCUT2D eigenvalue weighted by atomic mass is 35.5. The molecule has 2 amide bonds. The topological polar surface area (TPSA) is 75.7 Å². The van der Waals surface area contributed by atoms with Crippen LogP contribution in [-0.2, 0) is 25.5 Å². The number of esters is 1. The molecule has 3 rings (SSSR count). The molecule has 146 valence electrons. The highest BCUT2D eigenvalue weighted by molar-refractivity contribution is 6.31. The predicted molar refractivity (Wildman–Crippen MR) is 107 cm³/mol. The van der Waals surface area contributed by atoms with Gasteiger partial charge in [0.05, 0.1) is 5.92 Å². The maximum atomic E-state index is 12.3. The lowest BCUT2D eigenvalue weighted by molar-refractivity contribution is -0.151. The number of hydrogen-bond donors (Lipinski definition) is 1. The molecule has 1 aliphatic heterocycles. The van der Waals surface area contributed by atoms with Crippen molar-refractivity contribution in [2.45, 2.75) is 19.8 Å². The number of nitrogens with one attached hydrogen (secondary N) is 1. The van der Waals surface area contributed by atoms with Crippen LogP contribution in [0.4, 0.5) is 11.4 Å². The molecular formula is C21H21ClN2O4. The van der Waals surface area contributed by atoms with Gasteiger partial charge in [0.2, 0.25) is 5.91 Å². The Labute approximate surface area is 168 Å². The molecule has 0 bridgehead atoms. The van der Waals surface area contributed by atoms with E-state index in [9.17, 15) is 14.4 Å². The van der Waals surface area contributed by atoms with Gasteiger partial charge in [-0.15, -0.1) is 0 Å². The van der Waals surface area contributed by atoms with E-state index in [4.69, 9.17) is 16.3 Å². The van der Waals surface area contributed by atoms with Crippen LogP contribution in [0.1, 0.15) is 18.9 Å². The highest BCUT2D eigenvalue weighted by Crippen LogP contribution is 2.27. The smallest absolute Gasteiger partial charge is 0.311 e. The van der Waals surface area contributed by atoms with E-state index in [-0.39, 0.29) is 18.9 Å². The van der Waals surface area contributed by atoms with E-state index >= 15 is 0 Å². The molecule has 0 unspecified atom stereocenters. The number of carbonyl (C=O) groups is 3. The Kier molecular flexibility index (Phi) is 6.31. The molecule has 0 radical (unpaired) electrons. The van der Waals surface area contributed by atoms with Crippen LogP contribution in [0.25, 0.3) is 0 Å². The summed E-state index contributed by atoms with van der Waals surface area (Å²) in [4.78, 5) is 38.2. The van der Waals surface area contributed by atoms with Gasteiger partial charge < -0.3 is 15.0 Å². The monoisotopic (exact) mass is 400 g/mol. The second kappa shape index (κ2) is 8.89. The Morgan fingerprint density at radius 2 is 2.00 bits per heavy atom. The molecule has 0 saturated carbocycles. The van der Waals surface area contributed by atoms with Gasteiger partial charge in [0.1, 0.15) is 0 Å². The Balaban J connectivity index is 1.54. The van der Waals surface area contributed by atoms with E-state index in [2.05, 4.69) is 5.32 Å². The van der Waals surface area contributed by atoms with Gasteiger partial charge in [0.25, 0.3) is 5.91 Å². The Morgan fingerprint density at radius 1 is 1.21 bits per heavy atom. The van der Waals surface area contributed by atoms with Crippen LogP contribution < -0.4 is 10.2 Å². The third kappa shape index (κ3) is 4.70. The van der Waals surface area contributed by atoms with Crippen molar-refractivity contribution in [2.75, 3.05) is 23.4 Å². The standard InChI is InChI=1S/C21H21ClN2O4/c1-2-14-6-3-4-9-18(14)23-19(25)13-28-21(27)15-10-20(26)24(12-15)17-8-5-7-16(22)11-17/h3-9,11,15H,2,10,12-13H2,1H3,(H,23,25)/t15-/m1/s1. The number of carbonyl (C=O) groups excluding carboxylic acids is 3. The molecule has 0 aliphatic carbocycles. The molecule has 6 nitrogen and oxygen atoms in total. The van der Waals surface area contributed by atoms with Crippen molar-refractivity contribution >= 4 is 40.8 Å². The number of anilines is 2. The van der Waals surface area contributed by atoms with E-state index in [0.717, 1.165) is 12.0 Å². The van der Waals surface area contributed by atoms with E-state index < -0.39 is 24.4 Å². The van der Waals surface area contributed by atoms with Crippen molar-refractivity contribution in [3.8, 4) is 0 Å². The normalized spacial score (nSPS) is 16.1. The maximum absolute atomic E-state index is 12.3. The summed E-state index contributed by atoms with van der Waals surface area (Å²) in [7, 11) is 0. The number of amides is 2. The molecule has 1 heterocycles. The van der Waals surface area contributed by atoms with E-state index in [0.29, 0.717) is 16.4 Å². The van der Waals surface area contributed by atoms with Crippen LogP contribution in [0.5, 0.6) is 0 Å². The molecule has 1 aliphatic rings. The first-order valence-electron chi connectivity index (χ1n) is 9.08. The third-order valence-corrected chi connectivity index (χ3v) is 4.83. The summed E-state index contributed by atoms with van der Waals surface area (Å²) in [5.41, 5.74) is 2.34. The van der Waals surface area contributed by atoms with Crippen molar-refractivity contribution in [3.63, 3.8) is 0 Å². The van der Waals surface area contributed by atoms with Crippen LogP contribution >= 0.6 is 11.6 Å². The summed E-state index contributed by atoms with van der Waals surface area (Å²) in [6.07, 6.45) is 0.825. The fourth-order valence-electron chi connectivity index (χ4n) is 3.15. The zero-order valence-electron chi connectivity index (χ0n) is 15.5. The third-order valence-electron chi connectivity index (χ3n) is 4.60. The van der Waals surface area contributed by atoms with Crippen molar-refractivity contribution in [2.24, 2.45) is 5.92 Å². The minimum absolute atomic E-state index is 0.0473. The number of ether oxygens (including phenoxy) is 1. The van der Waals surface area contributed by atoms with Gasteiger partial charge in [-0.25, -0.2) is 0 Å². The first-order chi connectivity index (χ1) is 13.5. The second-order valence-corrected chi connectivity index (χ2v) is 6.99. The number of nitrogens with zero attached hydrogens (tertiary/aromatic N) is 1. The van der Waals surface area contributed by atoms with Crippen LogP contribution in [0.2, 0.25) is 5.02 Å². The maximum Gasteiger partial charge on any atom is 0.311 e. The van der Waals surface area contributed by atoms with E-state index in [1.165, 1.54) is 4.90 Å². The molecule has 0 aromatic heterocycles. The van der Waals surface area contributed by atoms with E-state index in [1.54, 1.807) is 30.3 Å². The van der Waals surface area contributed by atoms with Gasteiger partial charge in [-0.05, 0) is 36.2 Å². The molecular weight excluding hydrogens is 380 g/mol. The van der Waals surface area contributed by atoms with Gasteiger partial charge in [-0.1, -0.05) is 42.8 Å². The fourth-order valence-corrected chi connectivity index (χ4v) is 3.33. The highest BCUT2D eigenvalue weighted by Gasteiger charge is 2.36. The van der Waals surface area contributed by atoms with Gasteiger partial charge in [0.15, 0.2) is 6.61 Å². The van der Waals surface area contributed by atoms with Gasteiger partial charge in [-0.3, -0.25) is 14.4 Å². The number of hydrogen-bond acceptors (Lipinski definition) is 4. The number of para-hydroxylation sites is 1.